The molecule has 0 N–H and O–H groups in total. The Morgan fingerprint density at radius 1 is 1.20 bits per heavy atom. The number of rotatable bonds is 0. The number of hydrogen-bond acceptors (Lipinski definition) is 1. The van der Waals surface area contributed by atoms with Gasteiger partial charge in [-0.25, -0.2) is 0 Å². The average molecular weight is 222 g/mol. The first-order valence-electron chi connectivity index (χ1n) is 5.22. The van der Waals surface area contributed by atoms with Crippen molar-refractivity contribution in [2.24, 2.45) is 17.3 Å². The molecule has 0 aromatic heterocycles. The Kier molecular flexibility index (Phi) is 3.17. The van der Waals surface area contributed by atoms with Gasteiger partial charge >= 0.3 is 6.18 Å². The summed E-state index contributed by atoms with van der Waals surface area (Å²) in [7, 11) is 0. The number of ketones is 1. The summed E-state index contributed by atoms with van der Waals surface area (Å²) in [5, 5.41) is 0. The van der Waals surface area contributed by atoms with E-state index in [0.717, 1.165) is 0 Å². The third-order valence-corrected chi connectivity index (χ3v) is 3.27. The summed E-state index contributed by atoms with van der Waals surface area (Å²) in [4.78, 5) is 11.2. The molecule has 1 aliphatic rings. The van der Waals surface area contributed by atoms with Crippen LogP contribution < -0.4 is 0 Å². The van der Waals surface area contributed by atoms with Crippen molar-refractivity contribution in [3.8, 4) is 0 Å². The zero-order valence-electron chi connectivity index (χ0n) is 9.32. The molecule has 0 heterocycles. The molecule has 2 atom stereocenters. The lowest BCUT2D eigenvalue weighted by Gasteiger charge is -2.37. The van der Waals surface area contributed by atoms with Crippen molar-refractivity contribution in [3.05, 3.63) is 0 Å². The van der Waals surface area contributed by atoms with Crippen LogP contribution in [-0.2, 0) is 4.79 Å². The Morgan fingerprint density at radius 2 is 1.73 bits per heavy atom. The van der Waals surface area contributed by atoms with Crippen molar-refractivity contribution in [1.82, 2.24) is 0 Å². The van der Waals surface area contributed by atoms with Crippen molar-refractivity contribution in [1.29, 1.82) is 0 Å². The SMILES string of the molecule is CC(C)(C)[C@@H]1CCC(=O)[C@@H](C(F)(F)F)C1. The predicted molar refractivity (Wildman–Crippen MR) is 51.3 cm³/mol. The van der Waals surface area contributed by atoms with Crippen molar-refractivity contribution in [3.63, 3.8) is 0 Å². The van der Waals surface area contributed by atoms with Crippen LogP contribution in [0.25, 0.3) is 0 Å². The molecule has 0 bridgehead atoms. The van der Waals surface area contributed by atoms with Crippen LogP contribution >= 0.6 is 0 Å². The standard InChI is InChI=1S/C11H17F3O/c1-10(2,3)7-4-5-9(15)8(6-7)11(12,13)14/h7-8H,4-6H2,1-3H3/t7-,8+/m1/s1. The first-order valence-corrected chi connectivity index (χ1v) is 5.22. The molecule has 0 unspecified atom stereocenters. The first-order chi connectivity index (χ1) is 6.62. The molecule has 0 aromatic carbocycles. The molecular weight excluding hydrogens is 205 g/mol. The van der Waals surface area contributed by atoms with E-state index in [2.05, 4.69) is 0 Å². The zero-order chi connectivity index (χ0) is 11.9. The molecule has 1 nitrogen and oxygen atoms in total. The Bertz CT molecular complexity index is 250. The second kappa shape index (κ2) is 3.80. The van der Waals surface area contributed by atoms with E-state index in [0.29, 0.717) is 6.42 Å². The molecule has 0 aromatic rings. The third kappa shape index (κ3) is 2.95. The highest BCUT2D eigenvalue weighted by Gasteiger charge is 2.48. The fourth-order valence-electron chi connectivity index (χ4n) is 2.13. The van der Waals surface area contributed by atoms with Gasteiger partial charge in [0, 0.05) is 6.42 Å². The van der Waals surface area contributed by atoms with Gasteiger partial charge in [-0.3, -0.25) is 4.79 Å². The van der Waals surface area contributed by atoms with Gasteiger partial charge in [0.1, 0.15) is 11.7 Å². The zero-order valence-corrected chi connectivity index (χ0v) is 9.32. The number of carbonyl (C=O) groups is 1. The van der Waals surface area contributed by atoms with E-state index < -0.39 is 17.9 Å². The highest BCUT2D eigenvalue weighted by atomic mass is 19.4. The summed E-state index contributed by atoms with van der Waals surface area (Å²) < 4.78 is 37.6. The highest BCUT2D eigenvalue weighted by molar-refractivity contribution is 5.82. The average Bonchev–Trinajstić information content (AvgIpc) is 2.00. The quantitative estimate of drug-likeness (QED) is 0.612. The molecule has 0 radical (unpaired) electrons. The lowest BCUT2D eigenvalue weighted by Crippen LogP contribution is -2.39. The van der Waals surface area contributed by atoms with Gasteiger partial charge in [-0.1, -0.05) is 20.8 Å². The minimum Gasteiger partial charge on any atom is -0.299 e. The summed E-state index contributed by atoms with van der Waals surface area (Å²) in [5.41, 5.74) is -0.149. The van der Waals surface area contributed by atoms with Crippen LogP contribution in [0.1, 0.15) is 40.0 Å². The van der Waals surface area contributed by atoms with Crippen LogP contribution in [0.5, 0.6) is 0 Å². The molecular formula is C11H17F3O. The van der Waals surface area contributed by atoms with E-state index in [-0.39, 0.29) is 24.2 Å². The Hall–Kier alpha value is -0.540. The van der Waals surface area contributed by atoms with E-state index in [9.17, 15) is 18.0 Å². The molecule has 1 aliphatic carbocycles. The Morgan fingerprint density at radius 3 is 2.13 bits per heavy atom. The minimum absolute atomic E-state index is 0.0122. The van der Waals surface area contributed by atoms with Crippen LogP contribution in [0.4, 0.5) is 13.2 Å². The summed E-state index contributed by atoms with van der Waals surface area (Å²) >= 11 is 0. The van der Waals surface area contributed by atoms with Crippen molar-refractivity contribution in [2.45, 2.75) is 46.2 Å². The molecule has 0 aliphatic heterocycles. The van der Waals surface area contributed by atoms with Crippen molar-refractivity contribution < 1.29 is 18.0 Å². The highest BCUT2D eigenvalue weighted by Crippen LogP contribution is 2.44. The smallest absolute Gasteiger partial charge is 0.299 e. The molecule has 1 fully saturated rings. The Labute approximate surface area is 88.0 Å². The molecule has 0 amide bonds. The number of Topliss-reactive ketones (excluding diaryl/α,β-unsaturated/α-hetero) is 1. The van der Waals surface area contributed by atoms with Gasteiger partial charge in [0.25, 0.3) is 0 Å². The molecule has 4 heteroatoms. The lowest BCUT2D eigenvalue weighted by molar-refractivity contribution is -0.190. The van der Waals surface area contributed by atoms with Crippen LogP contribution in [0, 0.1) is 17.3 Å². The summed E-state index contributed by atoms with van der Waals surface area (Å²) in [6, 6.07) is 0. The van der Waals surface area contributed by atoms with Gasteiger partial charge < -0.3 is 0 Å². The molecule has 0 spiro atoms. The second-order valence-corrected chi connectivity index (χ2v) is 5.40. The second-order valence-electron chi connectivity index (χ2n) is 5.40. The summed E-state index contributed by atoms with van der Waals surface area (Å²) in [6.07, 6.45) is -3.73. The number of halogens is 3. The van der Waals surface area contributed by atoms with E-state index in [4.69, 9.17) is 0 Å². The van der Waals surface area contributed by atoms with Crippen molar-refractivity contribution >= 4 is 5.78 Å². The van der Waals surface area contributed by atoms with Crippen LogP contribution in [0.15, 0.2) is 0 Å². The van der Waals surface area contributed by atoms with Gasteiger partial charge in [0.05, 0.1) is 0 Å². The van der Waals surface area contributed by atoms with Crippen LogP contribution in [0.2, 0.25) is 0 Å². The molecule has 88 valence electrons. The fourth-order valence-corrected chi connectivity index (χ4v) is 2.13. The van der Waals surface area contributed by atoms with Gasteiger partial charge in [-0.05, 0) is 24.2 Å². The summed E-state index contributed by atoms with van der Waals surface area (Å²) in [6.45, 7) is 5.79. The van der Waals surface area contributed by atoms with Crippen LogP contribution in [0.3, 0.4) is 0 Å². The molecule has 0 saturated heterocycles. The maximum atomic E-state index is 12.5. The number of hydrogen-bond donors (Lipinski definition) is 0. The molecule has 1 rings (SSSR count). The summed E-state index contributed by atoms with van der Waals surface area (Å²) in [5.74, 6) is -2.37. The van der Waals surface area contributed by atoms with E-state index in [1.165, 1.54) is 0 Å². The van der Waals surface area contributed by atoms with E-state index in [1.54, 1.807) is 0 Å². The van der Waals surface area contributed by atoms with Gasteiger partial charge in [0.15, 0.2) is 0 Å². The lowest BCUT2D eigenvalue weighted by atomic mass is 9.68. The van der Waals surface area contributed by atoms with Gasteiger partial charge in [0.2, 0.25) is 0 Å². The van der Waals surface area contributed by atoms with E-state index >= 15 is 0 Å². The third-order valence-electron chi connectivity index (χ3n) is 3.27. The molecule has 15 heavy (non-hydrogen) atoms. The normalized spacial score (nSPS) is 29.3. The maximum absolute atomic E-state index is 12.5. The van der Waals surface area contributed by atoms with Gasteiger partial charge in [-0.15, -0.1) is 0 Å². The number of carbonyl (C=O) groups excluding carboxylic acids is 1. The first kappa shape index (κ1) is 12.5. The maximum Gasteiger partial charge on any atom is 0.398 e. The fraction of sp³-hybridized carbons (Fsp3) is 0.909. The van der Waals surface area contributed by atoms with Gasteiger partial charge in [-0.2, -0.15) is 13.2 Å². The van der Waals surface area contributed by atoms with Crippen molar-refractivity contribution in [2.75, 3.05) is 0 Å². The monoisotopic (exact) mass is 222 g/mol. The topological polar surface area (TPSA) is 17.1 Å². The molecule has 1 saturated carbocycles. The predicted octanol–water partition coefficient (Wildman–Crippen LogP) is 3.58. The minimum atomic E-state index is -4.36. The Balaban J connectivity index is 2.78. The van der Waals surface area contributed by atoms with E-state index in [1.807, 2.05) is 20.8 Å². The largest absolute Gasteiger partial charge is 0.398 e. The number of alkyl halides is 3. The van der Waals surface area contributed by atoms with Crippen LogP contribution in [-0.4, -0.2) is 12.0 Å².